The van der Waals surface area contributed by atoms with Gasteiger partial charge >= 0.3 is 0 Å². The van der Waals surface area contributed by atoms with Gasteiger partial charge in [-0.3, -0.25) is 0 Å². The van der Waals surface area contributed by atoms with Crippen LogP contribution in [0.1, 0.15) is 77.4 Å². The zero-order valence-corrected chi connectivity index (χ0v) is 16.0. The minimum atomic E-state index is 0.0527. The maximum atomic E-state index is 6.31. The molecule has 0 aromatic heterocycles. The third-order valence-electron chi connectivity index (χ3n) is 4.72. The van der Waals surface area contributed by atoms with Gasteiger partial charge in [0.15, 0.2) is 0 Å². The van der Waals surface area contributed by atoms with Crippen LogP contribution < -0.4 is 4.74 Å². The average molecular weight is 320 g/mol. The molecule has 124 valence electrons. The summed E-state index contributed by atoms with van der Waals surface area (Å²) >= 11 is 0. The van der Waals surface area contributed by atoms with E-state index in [2.05, 4.69) is 58.6 Å². The summed E-state index contributed by atoms with van der Waals surface area (Å²) in [6.45, 7) is 11.6. The molecule has 2 atom stereocenters. The fourth-order valence-corrected chi connectivity index (χ4v) is 4.80. The second-order valence-corrected chi connectivity index (χ2v) is 9.56. The molecule has 0 radical (unpaired) electrons. The first kappa shape index (κ1) is 17.8. The van der Waals surface area contributed by atoms with Crippen LogP contribution in [-0.2, 0) is 0 Å². The Hall–Kier alpha value is -0.550. The lowest BCUT2D eigenvalue weighted by molar-refractivity contribution is 0.0487. The normalized spacial score (nSPS) is 20.2. The quantitative estimate of drug-likeness (QED) is 0.557. The number of ether oxygens (including phenoxy) is 1. The average Bonchev–Trinajstić information content (AvgIpc) is 2.45. The molecule has 0 spiro atoms. The number of rotatable bonds is 5. The Kier molecular flexibility index (Phi) is 5.94. The lowest BCUT2D eigenvalue weighted by Crippen LogP contribution is -2.34. The van der Waals surface area contributed by atoms with E-state index in [1.165, 1.54) is 44.1 Å². The second kappa shape index (κ2) is 7.35. The maximum absolute atomic E-state index is 6.31. The van der Waals surface area contributed by atoms with Gasteiger partial charge in [-0.25, -0.2) is 0 Å². The van der Waals surface area contributed by atoms with E-state index in [9.17, 15) is 0 Å². The Morgan fingerprint density at radius 3 is 2.18 bits per heavy atom. The third-order valence-corrected chi connectivity index (χ3v) is 5.96. The highest BCUT2D eigenvalue weighted by Gasteiger charge is 2.28. The predicted octanol–water partition coefficient (Wildman–Crippen LogP) is 6.57. The van der Waals surface area contributed by atoms with Crippen molar-refractivity contribution in [2.45, 2.75) is 77.5 Å². The summed E-state index contributed by atoms with van der Waals surface area (Å²) in [6, 6.07) is 8.94. The van der Waals surface area contributed by atoms with Crippen LogP contribution in [0.4, 0.5) is 0 Å². The Bertz CT molecular complexity index is 452. The van der Waals surface area contributed by atoms with Gasteiger partial charge in [0.05, 0.1) is 0 Å². The summed E-state index contributed by atoms with van der Waals surface area (Å²) < 4.78 is 6.31. The SMILES string of the molecule is CPC(CC(C)(C)C)c1ccc(OC2(C)CCCCC2)cc1. The van der Waals surface area contributed by atoms with Crippen molar-refractivity contribution in [3.63, 3.8) is 0 Å². The van der Waals surface area contributed by atoms with Gasteiger partial charge in [-0.05, 0) is 68.8 Å². The van der Waals surface area contributed by atoms with Gasteiger partial charge in [-0.1, -0.05) is 39.3 Å². The summed E-state index contributed by atoms with van der Waals surface area (Å²) in [4.78, 5) is 0. The van der Waals surface area contributed by atoms with Crippen LogP contribution >= 0.6 is 8.58 Å². The van der Waals surface area contributed by atoms with Crippen LogP contribution in [-0.4, -0.2) is 12.3 Å². The number of hydrogen-bond donors (Lipinski definition) is 0. The van der Waals surface area contributed by atoms with Gasteiger partial charge in [0.25, 0.3) is 0 Å². The van der Waals surface area contributed by atoms with Gasteiger partial charge in [0.1, 0.15) is 11.4 Å². The van der Waals surface area contributed by atoms with Gasteiger partial charge in [0.2, 0.25) is 0 Å². The van der Waals surface area contributed by atoms with Crippen molar-refractivity contribution >= 4 is 8.58 Å². The van der Waals surface area contributed by atoms with Crippen molar-refractivity contribution in [3.8, 4) is 5.75 Å². The van der Waals surface area contributed by atoms with Crippen LogP contribution in [0.2, 0.25) is 0 Å². The third kappa shape index (κ3) is 5.27. The lowest BCUT2D eigenvalue weighted by atomic mass is 9.86. The molecule has 0 heterocycles. The summed E-state index contributed by atoms with van der Waals surface area (Å²) in [6.07, 6.45) is 7.61. The molecule has 0 N–H and O–H groups in total. The molecule has 1 aliphatic carbocycles. The highest BCUT2D eigenvalue weighted by atomic mass is 31.1. The molecule has 22 heavy (non-hydrogen) atoms. The summed E-state index contributed by atoms with van der Waals surface area (Å²) in [5, 5.41) is 0. The smallest absolute Gasteiger partial charge is 0.120 e. The Morgan fingerprint density at radius 2 is 1.68 bits per heavy atom. The highest BCUT2D eigenvalue weighted by molar-refractivity contribution is 7.37. The second-order valence-electron chi connectivity index (χ2n) is 8.29. The lowest BCUT2D eigenvalue weighted by Gasteiger charge is -2.34. The van der Waals surface area contributed by atoms with E-state index >= 15 is 0 Å². The van der Waals surface area contributed by atoms with E-state index in [4.69, 9.17) is 4.74 Å². The number of benzene rings is 1. The van der Waals surface area contributed by atoms with Gasteiger partial charge in [-0.2, -0.15) is 0 Å². The topological polar surface area (TPSA) is 9.23 Å². The first-order valence-electron chi connectivity index (χ1n) is 8.78. The molecule has 1 aromatic rings. The van der Waals surface area contributed by atoms with E-state index in [0.29, 0.717) is 11.1 Å². The van der Waals surface area contributed by atoms with Gasteiger partial charge < -0.3 is 4.74 Å². The van der Waals surface area contributed by atoms with E-state index in [-0.39, 0.29) is 5.60 Å². The van der Waals surface area contributed by atoms with Crippen molar-refractivity contribution < 1.29 is 4.74 Å². The molecule has 2 unspecified atom stereocenters. The fourth-order valence-electron chi connectivity index (χ4n) is 3.45. The zero-order chi connectivity index (χ0) is 16.2. The van der Waals surface area contributed by atoms with Crippen molar-refractivity contribution in [2.75, 3.05) is 6.66 Å². The molecule has 0 amide bonds. The Labute approximate surface area is 139 Å². The molecule has 2 heteroatoms. The highest BCUT2D eigenvalue weighted by Crippen LogP contribution is 2.42. The molecule has 0 saturated heterocycles. The summed E-state index contributed by atoms with van der Waals surface area (Å²) in [7, 11) is 0.955. The molecule has 1 saturated carbocycles. The Balaban J connectivity index is 2.02. The number of hydrogen-bond acceptors (Lipinski definition) is 1. The predicted molar refractivity (Wildman–Crippen MR) is 99.6 cm³/mol. The molecule has 2 rings (SSSR count). The van der Waals surface area contributed by atoms with Crippen LogP contribution in [0, 0.1) is 5.41 Å². The first-order valence-corrected chi connectivity index (χ1v) is 10.4. The van der Waals surface area contributed by atoms with Crippen LogP contribution in [0.15, 0.2) is 24.3 Å². The van der Waals surface area contributed by atoms with Crippen molar-refractivity contribution in [3.05, 3.63) is 29.8 Å². The van der Waals surface area contributed by atoms with Crippen molar-refractivity contribution in [1.29, 1.82) is 0 Å². The van der Waals surface area contributed by atoms with Crippen molar-refractivity contribution in [2.24, 2.45) is 5.41 Å². The molecule has 1 nitrogen and oxygen atoms in total. The van der Waals surface area contributed by atoms with Crippen LogP contribution in [0.3, 0.4) is 0 Å². The van der Waals surface area contributed by atoms with E-state index in [1.807, 2.05) is 0 Å². The monoisotopic (exact) mass is 320 g/mol. The molecule has 1 aliphatic rings. The minimum absolute atomic E-state index is 0.0527. The first-order chi connectivity index (χ1) is 10.3. The molecule has 0 bridgehead atoms. The van der Waals surface area contributed by atoms with Crippen LogP contribution in [0.5, 0.6) is 5.75 Å². The molecular weight excluding hydrogens is 287 g/mol. The molecule has 1 aromatic carbocycles. The van der Waals surface area contributed by atoms with E-state index in [1.54, 1.807) is 0 Å². The van der Waals surface area contributed by atoms with E-state index in [0.717, 1.165) is 14.3 Å². The largest absolute Gasteiger partial charge is 0.488 e. The molecule has 1 fully saturated rings. The fraction of sp³-hybridized carbons (Fsp3) is 0.700. The Morgan fingerprint density at radius 1 is 1.09 bits per heavy atom. The zero-order valence-electron chi connectivity index (χ0n) is 15.0. The van der Waals surface area contributed by atoms with E-state index < -0.39 is 0 Å². The van der Waals surface area contributed by atoms with Crippen LogP contribution in [0.25, 0.3) is 0 Å². The summed E-state index contributed by atoms with van der Waals surface area (Å²) in [5.41, 5.74) is 2.59. The summed E-state index contributed by atoms with van der Waals surface area (Å²) in [5.74, 6) is 1.04. The maximum Gasteiger partial charge on any atom is 0.120 e. The van der Waals surface area contributed by atoms with Crippen molar-refractivity contribution in [1.82, 2.24) is 0 Å². The minimum Gasteiger partial charge on any atom is -0.488 e. The standard InChI is InChI=1S/C20H33OP/c1-19(2,3)15-18(22-5)16-9-11-17(12-10-16)21-20(4)13-7-6-8-14-20/h9-12,18,22H,6-8,13-15H2,1-5H3. The molecule has 0 aliphatic heterocycles. The van der Waals surface area contributed by atoms with Gasteiger partial charge in [0, 0.05) is 5.66 Å². The molecular formula is C20H33OP. The van der Waals surface area contributed by atoms with Gasteiger partial charge in [-0.15, -0.1) is 8.58 Å².